The van der Waals surface area contributed by atoms with Gasteiger partial charge in [-0.3, -0.25) is 4.79 Å². The minimum atomic E-state index is -0.271. The Morgan fingerprint density at radius 3 is 2.61 bits per heavy atom. The number of halogens is 1. The predicted molar refractivity (Wildman–Crippen MR) is 72.1 cm³/mol. The Hall–Kier alpha value is -1.59. The summed E-state index contributed by atoms with van der Waals surface area (Å²) in [5.74, 6) is -0.00535. The van der Waals surface area contributed by atoms with Crippen molar-refractivity contribution in [2.45, 2.75) is 6.04 Å². The van der Waals surface area contributed by atoms with Crippen LogP contribution in [0.15, 0.2) is 51.6 Å². The Bertz CT molecular complexity index is 525. The number of carbonyl (C=O) groups is 1. The Kier molecular flexibility index (Phi) is 4.17. The molecule has 1 amide bonds. The number of furan rings is 1. The Morgan fingerprint density at radius 1 is 1.28 bits per heavy atom. The lowest BCUT2D eigenvalue weighted by Gasteiger charge is -2.12. The fourth-order valence-corrected chi connectivity index (χ4v) is 1.85. The summed E-state index contributed by atoms with van der Waals surface area (Å²) in [6, 6.07) is 12.7. The molecule has 2 rings (SSSR count). The maximum Gasteiger partial charge on any atom is 0.287 e. The first-order valence-electron chi connectivity index (χ1n) is 5.51. The average molecular weight is 309 g/mol. The number of carbonyl (C=O) groups excluding carboxylic acids is 1. The molecule has 94 valence electrons. The van der Waals surface area contributed by atoms with Crippen LogP contribution < -0.4 is 11.1 Å². The van der Waals surface area contributed by atoms with E-state index < -0.39 is 0 Å². The third kappa shape index (κ3) is 3.21. The first-order valence-corrected chi connectivity index (χ1v) is 6.30. The molecule has 1 heterocycles. The van der Waals surface area contributed by atoms with Gasteiger partial charge in [-0.1, -0.05) is 30.3 Å². The Balaban J connectivity index is 1.90. The molecule has 5 heteroatoms. The number of nitrogens with one attached hydrogen (secondary N) is 1. The van der Waals surface area contributed by atoms with E-state index in [-0.39, 0.29) is 17.7 Å². The molecule has 0 saturated carbocycles. The summed E-state index contributed by atoms with van der Waals surface area (Å²) < 4.78 is 5.67. The number of nitrogens with two attached hydrogens (primary N) is 1. The van der Waals surface area contributed by atoms with E-state index in [1.807, 2.05) is 30.3 Å². The summed E-state index contributed by atoms with van der Waals surface area (Å²) in [6.45, 7) is 0.362. The summed E-state index contributed by atoms with van der Waals surface area (Å²) in [4.78, 5) is 11.7. The van der Waals surface area contributed by atoms with Gasteiger partial charge in [-0.2, -0.15) is 0 Å². The van der Waals surface area contributed by atoms with Gasteiger partial charge in [-0.05, 0) is 33.6 Å². The largest absolute Gasteiger partial charge is 0.444 e. The normalized spacial score (nSPS) is 12.1. The second kappa shape index (κ2) is 5.84. The zero-order valence-electron chi connectivity index (χ0n) is 9.60. The van der Waals surface area contributed by atoms with Gasteiger partial charge in [0.1, 0.15) is 0 Å². The topological polar surface area (TPSA) is 68.3 Å². The molecule has 4 nitrogen and oxygen atoms in total. The summed E-state index contributed by atoms with van der Waals surface area (Å²) in [7, 11) is 0. The molecule has 1 aromatic carbocycles. The standard InChI is InChI=1S/C13H13BrN2O2/c14-12-7-6-11(18-12)13(17)16-8-10(15)9-4-2-1-3-5-9/h1-7,10H,8,15H2,(H,16,17). The van der Waals surface area contributed by atoms with Gasteiger partial charge in [0.15, 0.2) is 10.4 Å². The van der Waals surface area contributed by atoms with Crippen LogP contribution in [0.3, 0.4) is 0 Å². The van der Waals surface area contributed by atoms with Crippen molar-refractivity contribution in [3.63, 3.8) is 0 Å². The molecule has 0 spiro atoms. The Labute approximate surface area is 113 Å². The maximum atomic E-state index is 11.7. The van der Waals surface area contributed by atoms with Gasteiger partial charge >= 0.3 is 0 Å². The summed E-state index contributed by atoms with van der Waals surface area (Å²) in [5, 5.41) is 2.73. The lowest BCUT2D eigenvalue weighted by atomic mass is 10.1. The van der Waals surface area contributed by atoms with E-state index in [0.717, 1.165) is 5.56 Å². The zero-order valence-corrected chi connectivity index (χ0v) is 11.2. The predicted octanol–water partition coefficient (Wildman–Crippen LogP) is 2.47. The quantitative estimate of drug-likeness (QED) is 0.911. The number of rotatable bonds is 4. The molecule has 2 aromatic rings. The Morgan fingerprint density at radius 2 is 2.00 bits per heavy atom. The van der Waals surface area contributed by atoms with Crippen molar-refractivity contribution >= 4 is 21.8 Å². The molecule has 0 bridgehead atoms. The summed E-state index contributed by atoms with van der Waals surface area (Å²) in [5.41, 5.74) is 6.96. The smallest absolute Gasteiger partial charge is 0.287 e. The van der Waals surface area contributed by atoms with Crippen molar-refractivity contribution in [2.24, 2.45) is 5.73 Å². The van der Waals surface area contributed by atoms with Crippen molar-refractivity contribution in [2.75, 3.05) is 6.54 Å². The van der Waals surface area contributed by atoms with Crippen molar-refractivity contribution in [3.8, 4) is 0 Å². The number of benzene rings is 1. The van der Waals surface area contributed by atoms with E-state index in [4.69, 9.17) is 10.2 Å². The van der Waals surface area contributed by atoms with Crippen LogP contribution in [-0.2, 0) is 0 Å². The fraction of sp³-hybridized carbons (Fsp3) is 0.154. The first kappa shape index (κ1) is 12.9. The van der Waals surface area contributed by atoms with Gasteiger partial charge in [0.2, 0.25) is 0 Å². The molecular weight excluding hydrogens is 296 g/mol. The minimum absolute atomic E-state index is 0.228. The number of amides is 1. The van der Waals surface area contributed by atoms with Crippen molar-refractivity contribution in [1.29, 1.82) is 0 Å². The molecule has 0 radical (unpaired) electrons. The second-order valence-electron chi connectivity index (χ2n) is 3.83. The van der Waals surface area contributed by atoms with E-state index in [1.54, 1.807) is 12.1 Å². The molecule has 1 atom stereocenters. The minimum Gasteiger partial charge on any atom is -0.444 e. The molecule has 18 heavy (non-hydrogen) atoms. The highest BCUT2D eigenvalue weighted by molar-refractivity contribution is 9.10. The van der Waals surface area contributed by atoms with Crippen molar-refractivity contribution < 1.29 is 9.21 Å². The van der Waals surface area contributed by atoms with Gasteiger partial charge < -0.3 is 15.5 Å². The molecule has 1 unspecified atom stereocenters. The van der Waals surface area contributed by atoms with Crippen LogP contribution in [0.25, 0.3) is 0 Å². The summed E-state index contributed by atoms with van der Waals surface area (Å²) in [6.07, 6.45) is 0. The molecule has 0 saturated heterocycles. The second-order valence-corrected chi connectivity index (χ2v) is 4.61. The average Bonchev–Trinajstić information content (AvgIpc) is 2.83. The van der Waals surface area contributed by atoms with Crippen LogP contribution in [0.4, 0.5) is 0 Å². The van der Waals surface area contributed by atoms with Gasteiger partial charge in [-0.15, -0.1) is 0 Å². The van der Waals surface area contributed by atoms with Crippen LogP contribution in [0.5, 0.6) is 0 Å². The molecule has 0 aliphatic heterocycles. The molecule has 1 aromatic heterocycles. The van der Waals surface area contributed by atoms with Crippen molar-refractivity contribution in [1.82, 2.24) is 5.32 Å². The number of hydrogen-bond acceptors (Lipinski definition) is 3. The zero-order chi connectivity index (χ0) is 13.0. The van der Waals surface area contributed by atoms with E-state index in [2.05, 4.69) is 21.2 Å². The van der Waals surface area contributed by atoms with Crippen molar-refractivity contribution in [3.05, 3.63) is 58.5 Å². The van der Waals surface area contributed by atoms with Crippen LogP contribution in [0.1, 0.15) is 22.2 Å². The fourth-order valence-electron chi connectivity index (χ4n) is 1.54. The van der Waals surface area contributed by atoms with E-state index in [9.17, 15) is 4.79 Å². The van der Waals surface area contributed by atoms with Gasteiger partial charge in [0, 0.05) is 12.6 Å². The van der Waals surface area contributed by atoms with Crippen LogP contribution in [0.2, 0.25) is 0 Å². The molecule has 0 aliphatic rings. The summed E-state index contributed by atoms with van der Waals surface area (Å²) >= 11 is 3.15. The number of hydrogen-bond donors (Lipinski definition) is 2. The third-order valence-corrected chi connectivity index (χ3v) is 2.93. The molecule has 0 aliphatic carbocycles. The van der Waals surface area contributed by atoms with Crippen LogP contribution in [0, 0.1) is 0 Å². The highest BCUT2D eigenvalue weighted by Crippen LogP contribution is 2.14. The monoisotopic (exact) mass is 308 g/mol. The van der Waals surface area contributed by atoms with Crippen LogP contribution >= 0.6 is 15.9 Å². The SMILES string of the molecule is NC(CNC(=O)c1ccc(Br)o1)c1ccccc1. The molecular formula is C13H13BrN2O2. The van der Waals surface area contributed by atoms with E-state index in [1.165, 1.54) is 0 Å². The van der Waals surface area contributed by atoms with E-state index >= 15 is 0 Å². The first-order chi connectivity index (χ1) is 8.66. The molecule has 3 N–H and O–H groups in total. The third-order valence-electron chi connectivity index (χ3n) is 2.51. The van der Waals surface area contributed by atoms with Gasteiger partial charge in [-0.25, -0.2) is 0 Å². The maximum absolute atomic E-state index is 11.7. The van der Waals surface area contributed by atoms with Crippen LogP contribution in [-0.4, -0.2) is 12.5 Å². The lowest BCUT2D eigenvalue weighted by molar-refractivity contribution is 0.0922. The molecule has 0 fully saturated rings. The van der Waals surface area contributed by atoms with Gasteiger partial charge in [0.05, 0.1) is 0 Å². The highest BCUT2D eigenvalue weighted by Gasteiger charge is 2.12. The van der Waals surface area contributed by atoms with Gasteiger partial charge in [0.25, 0.3) is 5.91 Å². The lowest BCUT2D eigenvalue weighted by Crippen LogP contribution is -2.31. The highest BCUT2D eigenvalue weighted by atomic mass is 79.9. The van der Waals surface area contributed by atoms with E-state index in [0.29, 0.717) is 11.2 Å².